The Balaban J connectivity index is 2.43. The zero-order chi connectivity index (χ0) is 14.7. The molecule has 4 nitrogen and oxygen atoms in total. The Morgan fingerprint density at radius 2 is 2.05 bits per heavy atom. The van der Waals surface area contributed by atoms with Crippen molar-refractivity contribution >= 4 is 17.6 Å². The van der Waals surface area contributed by atoms with Crippen LogP contribution in [0.5, 0.6) is 0 Å². The van der Waals surface area contributed by atoms with Gasteiger partial charge in [0.05, 0.1) is 6.61 Å². The lowest BCUT2D eigenvalue weighted by Gasteiger charge is -1.99. The summed E-state index contributed by atoms with van der Waals surface area (Å²) in [5.41, 5.74) is -0.291. The maximum atomic E-state index is 12.9. The van der Waals surface area contributed by atoms with E-state index >= 15 is 0 Å². The number of ether oxygens (including phenoxy) is 1. The minimum absolute atomic E-state index is 0.0541. The Morgan fingerprint density at radius 3 is 2.60 bits per heavy atom. The summed E-state index contributed by atoms with van der Waals surface area (Å²) < 4.78 is 35.5. The number of hydrogen-bond acceptors (Lipinski definition) is 4. The summed E-state index contributed by atoms with van der Waals surface area (Å²) in [5.74, 6) is -1.62. The average Bonchev–Trinajstić information content (AvgIpc) is 2.85. The fourth-order valence-corrected chi connectivity index (χ4v) is 1.66. The number of hydrogen-bond donors (Lipinski definition) is 0. The van der Waals surface area contributed by atoms with Gasteiger partial charge in [0.15, 0.2) is 5.69 Å². The molecule has 106 valence electrons. The van der Waals surface area contributed by atoms with Crippen LogP contribution in [0.4, 0.5) is 8.78 Å². The van der Waals surface area contributed by atoms with E-state index in [0.29, 0.717) is 10.6 Å². The minimum atomic E-state index is -2.93. The topological polar surface area (TPSA) is 52.3 Å². The minimum Gasteiger partial charge on any atom is -0.460 e. The van der Waals surface area contributed by atoms with Crippen LogP contribution in [0.2, 0.25) is 5.02 Å². The lowest BCUT2D eigenvalue weighted by atomic mass is 10.2. The molecule has 2 aromatic rings. The summed E-state index contributed by atoms with van der Waals surface area (Å²) in [6, 6.07) is 6.23. The van der Waals surface area contributed by atoms with Gasteiger partial charge in [-0.25, -0.2) is 18.6 Å². The van der Waals surface area contributed by atoms with E-state index in [4.69, 9.17) is 16.0 Å². The highest BCUT2D eigenvalue weighted by atomic mass is 35.5. The molecular weight excluding hydrogens is 292 g/mol. The zero-order valence-corrected chi connectivity index (χ0v) is 11.2. The molecule has 0 aliphatic heterocycles. The molecule has 2 rings (SSSR count). The normalized spacial score (nSPS) is 10.8. The van der Waals surface area contributed by atoms with Crippen molar-refractivity contribution < 1.29 is 22.7 Å². The number of esters is 1. The molecule has 0 fully saturated rings. The fourth-order valence-electron chi connectivity index (χ4n) is 1.54. The van der Waals surface area contributed by atoms with Crippen molar-refractivity contribution in [1.29, 1.82) is 0 Å². The average molecular weight is 302 g/mol. The van der Waals surface area contributed by atoms with Crippen LogP contribution in [0.3, 0.4) is 0 Å². The van der Waals surface area contributed by atoms with Gasteiger partial charge in [-0.15, -0.1) is 0 Å². The summed E-state index contributed by atoms with van der Waals surface area (Å²) in [7, 11) is 0. The van der Waals surface area contributed by atoms with E-state index in [1.165, 1.54) is 0 Å². The summed E-state index contributed by atoms with van der Waals surface area (Å²) in [6.07, 6.45) is -2.93. The van der Waals surface area contributed by atoms with Crippen molar-refractivity contribution in [1.82, 2.24) is 4.98 Å². The molecule has 20 heavy (non-hydrogen) atoms. The largest absolute Gasteiger partial charge is 0.460 e. The van der Waals surface area contributed by atoms with Gasteiger partial charge in [0.25, 0.3) is 6.43 Å². The van der Waals surface area contributed by atoms with E-state index in [-0.39, 0.29) is 12.5 Å². The highest BCUT2D eigenvalue weighted by Gasteiger charge is 2.27. The van der Waals surface area contributed by atoms with Gasteiger partial charge in [0.2, 0.25) is 11.7 Å². The van der Waals surface area contributed by atoms with Gasteiger partial charge < -0.3 is 9.15 Å². The molecule has 0 radical (unpaired) electrons. The summed E-state index contributed by atoms with van der Waals surface area (Å²) in [4.78, 5) is 15.2. The molecule has 1 aromatic heterocycles. The quantitative estimate of drug-likeness (QED) is 0.797. The van der Waals surface area contributed by atoms with Crippen molar-refractivity contribution in [3.05, 3.63) is 40.7 Å². The molecule has 0 amide bonds. The second kappa shape index (κ2) is 6.00. The first-order valence-corrected chi connectivity index (χ1v) is 6.12. The van der Waals surface area contributed by atoms with Crippen molar-refractivity contribution in [2.45, 2.75) is 13.3 Å². The molecule has 0 unspecified atom stereocenters. The van der Waals surface area contributed by atoms with Crippen molar-refractivity contribution in [3.63, 3.8) is 0 Å². The van der Waals surface area contributed by atoms with Crippen molar-refractivity contribution in [3.8, 4) is 11.5 Å². The van der Waals surface area contributed by atoms with E-state index in [1.54, 1.807) is 31.2 Å². The highest BCUT2D eigenvalue weighted by molar-refractivity contribution is 6.30. The van der Waals surface area contributed by atoms with Crippen LogP contribution in [0, 0.1) is 0 Å². The van der Waals surface area contributed by atoms with E-state index in [0.717, 1.165) is 0 Å². The summed E-state index contributed by atoms with van der Waals surface area (Å²) in [5, 5.41) is 0.486. The van der Waals surface area contributed by atoms with E-state index in [9.17, 15) is 13.6 Å². The van der Waals surface area contributed by atoms with Crippen LogP contribution in [0.25, 0.3) is 11.5 Å². The number of oxazole rings is 1. The van der Waals surface area contributed by atoms with Crippen LogP contribution in [0.1, 0.15) is 29.6 Å². The Kier molecular flexibility index (Phi) is 4.34. The zero-order valence-electron chi connectivity index (χ0n) is 10.4. The van der Waals surface area contributed by atoms with Crippen molar-refractivity contribution in [2.24, 2.45) is 0 Å². The highest BCUT2D eigenvalue weighted by Crippen LogP contribution is 2.29. The number of carbonyl (C=O) groups excluding carboxylic acids is 1. The molecular formula is C13H10ClF2NO3. The van der Waals surface area contributed by atoms with Gasteiger partial charge in [-0.05, 0) is 31.2 Å². The van der Waals surface area contributed by atoms with Crippen molar-refractivity contribution in [2.75, 3.05) is 6.61 Å². The third-order valence-corrected chi connectivity index (χ3v) is 2.66. The van der Waals surface area contributed by atoms with Gasteiger partial charge in [-0.2, -0.15) is 0 Å². The molecule has 0 aliphatic rings. The molecule has 0 aliphatic carbocycles. The maximum Gasteiger partial charge on any atom is 0.376 e. The van der Waals surface area contributed by atoms with Gasteiger partial charge >= 0.3 is 5.97 Å². The number of nitrogens with zero attached hydrogens (tertiary/aromatic N) is 1. The second-order valence-electron chi connectivity index (χ2n) is 3.76. The molecule has 0 N–H and O–H groups in total. The molecule has 0 atom stereocenters. The number of carbonyl (C=O) groups is 1. The smallest absolute Gasteiger partial charge is 0.376 e. The monoisotopic (exact) mass is 301 g/mol. The predicted octanol–water partition coefficient (Wildman–Crippen LogP) is 4.11. The Labute approximate surface area is 118 Å². The number of rotatable bonds is 4. The van der Waals surface area contributed by atoms with E-state index in [1.807, 2.05) is 0 Å². The molecule has 0 bridgehead atoms. The van der Waals surface area contributed by atoms with Crippen LogP contribution < -0.4 is 0 Å². The van der Waals surface area contributed by atoms with Gasteiger partial charge in [0.1, 0.15) is 0 Å². The SMILES string of the molecule is CCOC(=O)c1oc(-c2ccc(Cl)cc2)nc1C(F)F. The van der Waals surface area contributed by atoms with Gasteiger partial charge in [0, 0.05) is 10.6 Å². The molecule has 1 heterocycles. The summed E-state index contributed by atoms with van der Waals surface area (Å²) in [6.45, 7) is 1.62. The third kappa shape index (κ3) is 2.96. The lowest BCUT2D eigenvalue weighted by molar-refractivity contribution is 0.0476. The Morgan fingerprint density at radius 1 is 1.40 bits per heavy atom. The lowest BCUT2D eigenvalue weighted by Crippen LogP contribution is -2.06. The van der Waals surface area contributed by atoms with Crippen LogP contribution >= 0.6 is 11.6 Å². The standard InChI is InChI=1S/C13H10ClF2NO3/c1-2-19-13(18)10-9(11(15)16)17-12(20-10)7-3-5-8(14)6-4-7/h3-6,11H,2H2,1H3. The number of benzene rings is 1. The first-order valence-electron chi connectivity index (χ1n) is 5.74. The van der Waals surface area contributed by atoms with Crippen LogP contribution in [-0.4, -0.2) is 17.6 Å². The number of aromatic nitrogens is 1. The molecule has 7 heteroatoms. The Hall–Kier alpha value is -1.95. The van der Waals surface area contributed by atoms with E-state index in [2.05, 4.69) is 9.72 Å². The Bertz CT molecular complexity index is 611. The fraction of sp³-hybridized carbons (Fsp3) is 0.231. The second-order valence-corrected chi connectivity index (χ2v) is 4.20. The maximum absolute atomic E-state index is 12.9. The van der Waals surface area contributed by atoms with E-state index < -0.39 is 23.8 Å². The van der Waals surface area contributed by atoms with Crippen LogP contribution in [0.15, 0.2) is 28.7 Å². The molecule has 1 aromatic carbocycles. The number of alkyl halides is 2. The number of halogens is 3. The first-order chi connectivity index (χ1) is 9.52. The predicted molar refractivity (Wildman–Crippen MR) is 67.9 cm³/mol. The van der Waals surface area contributed by atoms with Gasteiger partial charge in [-0.3, -0.25) is 0 Å². The third-order valence-electron chi connectivity index (χ3n) is 2.41. The summed E-state index contributed by atoms with van der Waals surface area (Å²) >= 11 is 5.73. The first kappa shape index (κ1) is 14.5. The van der Waals surface area contributed by atoms with Gasteiger partial charge in [-0.1, -0.05) is 11.6 Å². The molecule has 0 spiro atoms. The molecule has 0 saturated heterocycles. The molecule has 0 saturated carbocycles. The van der Waals surface area contributed by atoms with Crippen LogP contribution in [-0.2, 0) is 4.74 Å².